The second-order valence-corrected chi connectivity index (χ2v) is 4.21. The molecular formula is C13H7ClN6O. The van der Waals surface area contributed by atoms with E-state index in [-0.39, 0.29) is 17.2 Å². The van der Waals surface area contributed by atoms with Crippen molar-refractivity contribution in [2.45, 2.75) is 0 Å². The van der Waals surface area contributed by atoms with Crippen LogP contribution in [0.5, 0.6) is 11.8 Å². The molecule has 3 aromatic rings. The smallest absolute Gasteiger partial charge is 0.328 e. The number of benzene rings is 1. The molecule has 0 aliphatic rings. The average Bonchev–Trinajstić information content (AvgIpc) is 3.02. The highest BCUT2D eigenvalue weighted by Gasteiger charge is 2.09. The Balaban J connectivity index is 1.90. The zero-order valence-corrected chi connectivity index (χ0v) is 11.3. The number of ether oxygens (including phenoxy) is 1. The first-order valence-electron chi connectivity index (χ1n) is 5.84. The molecule has 0 spiro atoms. The Morgan fingerprint density at radius 3 is 2.62 bits per heavy atom. The fourth-order valence-corrected chi connectivity index (χ4v) is 1.71. The van der Waals surface area contributed by atoms with Crippen LogP contribution in [0.25, 0.3) is 5.95 Å². The summed E-state index contributed by atoms with van der Waals surface area (Å²) < 4.78 is 6.94. The van der Waals surface area contributed by atoms with Crippen molar-refractivity contribution in [2.24, 2.45) is 0 Å². The summed E-state index contributed by atoms with van der Waals surface area (Å²) in [7, 11) is 0. The van der Waals surface area contributed by atoms with Gasteiger partial charge in [0.25, 0.3) is 5.95 Å². The molecule has 0 atom stereocenters. The molecule has 0 radical (unpaired) electrons. The van der Waals surface area contributed by atoms with Gasteiger partial charge in [-0.25, -0.2) is 4.68 Å². The Hall–Kier alpha value is -2.98. The molecule has 7 nitrogen and oxygen atoms in total. The Bertz CT molecular complexity index is 795. The van der Waals surface area contributed by atoms with Crippen molar-refractivity contribution >= 4 is 11.6 Å². The van der Waals surface area contributed by atoms with Crippen molar-refractivity contribution in [3.8, 4) is 23.8 Å². The fraction of sp³-hybridized carbons (Fsp3) is 0. The first-order valence-corrected chi connectivity index (χ1v) is 6.22. The maximum atomic E-state index is 8.75. The third-order valence-corrected chi connectivity index (χ3v) is 2.65. The third-order valence-electron chi connectivity index (χ3n) is 2.48. The molecule has 2 heterocycles. The summed E-state index contributed by atoms with van der Waals surface area (Å²) in [6.45, 7) is 0. The van der Waals surface area contributed by atoms with E-state index in [0.717, 1.165) is 0 Å². The quantitative estimate of drug-likeness (QED) is 0.737. The number of aromatic nitrogens is 5. The van der Waals surface area contributed by atoms with E-state index in [9.17, 15) is 0 Å². The molecule has 0 saturated carbocycles. The van der Waals surface area contributed by atoms with Gasteiger partial charge < -0.3 is 4.74 Å². The second kappa shape index (κ2) is 5.56. The lowest BCUT2D eigenvalue weighted by molar-refractivity contribution is 0.437. The number of hydrogen-bond acceptors (Lipinski definition) is 6. The van der Waals surface area contributed by atoms with E-state index in [1.807, 2.05) is 6.07 Å². The fourth-order valence-electron chi connectivity index (χ4n) is 1.56. The Kier molecular flexibility index (Phi) is 3.45. The van der Waals surface area contributed by atoms with E-state index in [2.05, 4.69) is 20.1 Å². The standard InChI is InChI=1S/C13H7ClN6O/c14-11-17-12(20-7-1-6-16-20)19-13(18-11)21-10-4-2-9(8-15)3-5-10/h1-7H. The van der Waals surface area contributed by atoms with Crippen LogP contribution in [0, 0.1) is 11.3 Å². The van der Waals surface area contributed by atoms with Crippen molar-refractivity contribution in [3.05, 3.63) is 53.6 Å². The molecule has 3 rings (SSSR count). The van der Waals surface area contributed by atoms with Crippen LogP contribution in [-0.4, -0.2) is 24.7 Å². The molecule has 0 amide bonds. The van der Waals surface area contributed by atoms with Crippen LogP contribution < -0.4 is 4.74 Å². The van der Waals surface area contributed by atoms with Crippen molar-refractivity contribution in [3.63, 3.8) is 0 Å². The Morgan fingerprint density at radius 1 is 1.14 bits per heavy atom. The van der Waals surface area contributed by atoms with Crippen molar-refractivity contribution in [2.75, 3.05) is 0 Å². The first-order chi connectivity index (χ1) is 10.2. The maximum Gasteiger partial charge on any atom is 0.328 e. The molecule has 0 aliphatic carbocycles. The number of nitriles is 1. The number of hydrogen-bond donors (Lipinski definition) is 0. The summed E-state index contributed by atoms with van der Waals surface area (Å²) in [5, 5.41) is 12.8. The molecule has 0 bridgehead atoms. The molecule has 0 N–H and O–H groups in total. The SMILES string of the molecule is N#Cc1ccc(Oc2nc(Cl)nc(-n3cccn3)n2)cc1. The third kappa shape index (κ3) is 2.96. The predicted molar refractivity (Wildman–Crippen MR) is 73.2 cm³/mol. The zero-order valence-electron chi connectivity index (χ0n) is 10.5. The zero-order chi connectivity index (χ0) is 14.7. The van der Waals surface area contributed by atoms with Crippen LogP contribution in [0.15, 0.2) is 42.7 Å². The predicted octanol–water partition coefficient (Wildman–Crippen LogP) is 2.37. The molecule has 1 aromatic carbocycles. The van der Waals surface area contributed by atoms with E-state index >= 15 is 0 Å². The van der Waals surface area contributed by atoms with Gasteiger partial charge in [0.2, 0.25) is 5.28 Å². The van der Waals surface area contributed by atoms with Gasteiger partial charge in [-0.15, -0.1) is 0 Å². The van der Waals surface area contributed by atoms with E-state index in [4.69, 9.17) is 21.6 Å². The van der Waals surface area contributed by atoms with Gasteiger partial charge in [-0.3, -0.25) is 0 Å². The van der Waals surface area contributed by atoms with Gasteiger partial charge in [0.1, 0.15) is 5.75 Å². The Labute approximate surface area is 124 Å². The van der Waals surface area contributed by atoms with E-state index in [1.54, 1.807) is 42.7 Å². The molecule has 0 aliphatic heterocycles. The summed E-state index contributed by atoms with van der Waals surface area (Å²) in [6.07, 6.45) is 3.27. The van der Waals surface area contributed by atoms with Gasteiger partial charge in [-0.1, -0.05) is 0 Å². The molecule has 21 heavy (non-hydrogen) atoms. The monoisotopic (exact) mass is 298 g/mol. The first kappa shape index (κ1) is 13.0. The van der Waals surface area contributed by atoms with Crippen LogP contribution in [0.4, 0.5) is 0 Å². The summed E-state index contributed by atoms with van der Waals surface area (Å²) >= 11 is 5.85. The minimum absolute atomic E-state index is 0.000792. The van der Waals surface area contributed by atoms with Crippen molar-refractivity contribution < 1.29 is 4.74 Å². The van der Waals surface area contributed by atoms with Crippen LogP contribution in [0.3, 0.4) is 0 Å². The number of nitrogens with zero attached hydrogens (tertiary/aromatic N) is 6. The normalized spacial score (nSPS) is 10.1. The number of halogens is 1. The summed E-state index contributed by atoms with van der Waals surface area (Å²) in [4.78, 5) is 12.0. The van der Waals surface area contributed by atoms with Gasteiger partial charge in [-0.05, 0) is 41.9 Å². The van der Waals surface area contributed by atoms with E-state index < -0.39 is 0 Å². The molecule has 2 aromatic heterocycles. The van der Waals surface area contributed by atoms with Gasteiger partial charge >= 0.3 is 6.01 Å². The highest BCUT2D eigenvalue weighted by Crippen LogP contribution is 2.19. The number of rotatable bonds is 3. The molecule has 0 unspecified atom stereocenters. The van der Waals surface area contributed by atoms with E-state index in [0.29, 0.717) is 11.3 Å². The minimum atomic E-state index is -0.000792. The minimum Gasteiger partial charge on any atom is -0.424 e. The summed E-state index contributed by atoms with van der Waals surface area (Å²) in [6, 6.07) is 10.4. The summed E-state index contributed by atoms with van der Waals surface area (Å²) in [5.74, 6) is 0.742. The van der Waals surface area contributed by atoms with Crippen LogP contribution in [0.1, 0.15) is 5.56 Å². The van der Waals surface area contributed by atoms with Crippen molar-refractivity contribution in [1.82, 2.24) is 24.7 Å². The summed E-state index contributed by atoms with van der Waals surface area (Å²) in [5.41, 5.74) is 0.535. The molecule has 0 saturated heterocycles. The largest absolute Gasteiger partial charge is 0.424 e. The second-order valence-electron chi connectivity index (χ2n) is 3.88. The average molecular weight is 299 g/mol. The van der Waals surface area contributed by atoms with Gasteiger partial charge in [0, 0.05) is 12.4 Å². The lowest BCUT2D eigenvalue weighted by Gasteiger charge is -2.05. The van der Waals surface area contributed by atoms with Crippen LogP contribution in [-0.2, 0) is 0 Å². The van der Waals surface area contributed by atoms with Gasteiger partial charge in [0.15, 0.2) is 0 Å². The van der Waals surface area contributed by atoms with Gasteiger partial charge in [-0.2, -0.15) is 25.3 Å². The maximum absolute atomic E-state index is 8.75. The topological polar surface area (TPSA) is 89.5 Å². The highest BCUT2D eigenvalue weighted by atomic mass is 35.5. The van der Waals surface area contributed by atoms with E-state index in [1.165, 1.54) is 4.68 Å². The highest BCUT2D eigenvalue weighted by molar-refractivity contribution is 6.28. The molecule has 102 valence electrons. The molecular weight excluding hydrogens is 292 g/mol. The van der Waals surface area contributed by atoms with Crippen LogP contribution >= 0.6 is 11.6 Å². The van der Waals surface area contributed by atoms with Gasteiger partial charge in [0.05, 0.1) is 11.6 Å². The lowest BCUT2D eigenvalue weighted by atomic mass is 10.2. The molecule has 8 heteroatoms. The lowest BCUT2D eigenvalue weighted by Crippen LogP contribution is -2.05. The Morgan fingerprint density at radius 2 is 1.95 bits per heavy atom. The van der Waals surface area contributed by atoms with Crippen molar-refractivity contribution in [1.29, 1.82) is 5.26 Å². The molecule has 0 fully saturated rings. The van der Waals surface area contributed by atoms with Crippen LogP contribution in [0.2, 0.25) is 5.28 Å².